The van der Waals surface area contributed by atoms with E-state index in [2.05, 4.69) is 4.90 Å². The van der Waals surface area contributed by atoms with Crippen molar-refractivity contribution >= 4 is 15.5 Å². The first-order valence-corrected chi connectivity index (χ1v) is 7.81. The van der Waals surface area contributed by atoms with Crippen LogP contribution in [0.1, 0.15) is 18.1 Å². The third-order valence-electron chi connectivity index (χ3n) is 3.39. The van der Waals surface area contributed by atoms with Gasteiger partial charge in [-0.15, -0.1) is 0 Å². The quantitative estimate of drug-likeness (QED) is 0.876. The molecule has 0 aromatic heterocycles. The molecule has 1 aliphatic rings. The van der Waals surface area contributed by atoms with Crippen LogP contribution in [0.4, 0.5) is 5.69 Å². The molecular formula is C13H20N2O2S. The monoisotopic (exact) mass is 268 g/mol. The number of anilines is 1. The van der Waals surface area contributed by atoms with Gasteiger partial charge in [0.05, 0.1) is 16.3 Å². The van der Waals surface area contributed by atoms with E-state index in [9.17, 15) is 8.42 Å². The minimum Gasteiger partial charge on any atom is -0.368 e. The summed E-state index contributed by atoms with van der Waals surface area (Å²) >= 11 is 0. The SMILES string of the molecule is Cc1cc2c(cc1C)S(=O)(=O)CCN2CC(C)N. The van der Waals surface area contributed by atoms with Crippen LogP contribution in [0, 0.1) is 13.8 Å². The maximum Gasteiger partial charge on any atom is 0.182 e. The Bertz CT molecular complexity index is 565. The molecule has 0 saturated heterocycles. The lowest BCUT2D eigenvalue weighted by Crippen LogP contribution is -2.42. The number of nitrogens with zero attached hydrogens (tertiary/aromatic N) is 1. The first kappa shape index (κ1) is 13.4. The minimum absolute atomic E-state index is 0.0280. The highest BCUT2D eigenvalue weighted by molar-refractivity contribution is 7.91. The van der Waals surface area contributed by atoms with Gasteiger partial charge >= 0.3 is 0 Å². The molecule has 100 valence electrons. The summed E-state index contributed by atoms with van der Waals surface area (Å²) in [5.74, 6) is 0.176. The Morgan fingerprint density at radius 2 is 1.94 bits per heavy atom. The van der Waals surface area contributed by atoms with Gasteiger partial charge in [-0.05, 0) is 44.0 Å². The van der Waals surface area contributed by atoms with Crippen molar-refractivity contribution < 1.29 is 8.42 Å². The zero-order valence-electron chi connectivity index (χ0n) is 11.1. The second kappa shape index (κ2) is 4.55. The number of aryl methyl sites for hydroxylation is 2. The third kappa shape index (κ3) is 2.37. The number of benzene rings is 1. The molecule has 4 nitrogen and oxygen atoms in total. The highest BCUT2D eigenvalue weighted by Crippen LogP contribution is 2.32. The van der Waals surface area contributed by atoms with Gasteiger partial charge in [0.2, 0.25) is 0 Å². The summed E-state index contributed by atoms with van der Waals surface area (Å²) < 4.78 is 24.2. The van der Waals surface area contributed by atoms with E-state index in [0.29, 0.717) is 18.0 Å². The zero-order valence-corrected chi connectivity index (χ0v) is 11.9. The van der Waals surface area contributed by atoms with Crippen LogP contribution < -0.4 is 10.6 Å². The van der Waals surface area contributed by atoms with Crippen molar-refractivity contribution in [1.29, 1.82) is 0 Å². The summed E-state index contributed by atoms with van der Waals surface area (Å²) in [5, 5.41) is 0. The molecule has 5 heteroatoms. The minimum atomic E-state index is -3.13. The Hall–Kier alpha value is -1.07. The molecule has 0 fully saturated rings. The molecule has 0 bridgehead atoms. The van der Waals surface area contributed by atoms with Gasteiger partial charge in [-0.1, -0.05) is 0 Å². The molecule has 0 radical (unpaired) electrons. The van der Waals surface area contributed by atoms with Crippen LogP contribution in [0.25, 0.3) is 0 Å². The molecule has 0 aliphatic carbocycles. The van der Waals surface area contributed by atoms with Gasteiger partial charge in [-0.25, -0.2) is 8.42 Å². The molecule has 0 saturated carbocycles. The molecule has 1 atom stereocenters. The summed E-state index contributed by atoms with van der Waals surface area (Å²) in [6.45, 7) is 7.09. The lowest BCUT2D eigenvalue weighted by molar-refractivity contribution is 0.585. The summed E-state index contributed by atoms with van der Waals surface area (Å²) in [6, 6.07) is 3.78. The van der Waals surface area contributed by atoms with Crippen molar-refractivity contribution in [3.05, 3.63) is 23.3 Å². The second-order valence-corrected chi connectivity index (χ2v) is 7.22. The van der Waals surface area contributed by atoms with Gasteiger partial charge in [-0.3, -0.25) is 0 Å². The molecule has 1 unspecified atom stereocenters. The fourth-order valence-electron chi connectivity index (χ4n) is 2.27. The lowest BCUT2D eigenvalue weighted by Gasteiger charge is -2.32. The normalized spacial score (nSPS) is 19.4. The van der Waals surface area contributed by atoms with Gasteiger partial charge in [-0.2, -0.15) is 0 Å². The third-order valence-corrected chi connectivity index (χ3v) is 5.11. The molecular weight excluding hydrogens is 248 g/mol. The molecule has 0 spiro atoms. The number of nitrogens with two attached hydrogens (primary N) is 1. The summed E-state index contributed by atoms with van der Waals surface area (Å²) in [7, 11) is -3.13. The van der Waals surface area contributed by atoms with E-state index in [4.69, 9.17) is 5.73 Å². The van der Waals surface area contributed by atoms with Crippen LogP contribution in [0.3, 0.4) is 0 Å². The second-order valence-electron chi connectivity index (χ2n) is 5.15. The van der Waals surface area contributed by atoms with E-state index in [1.54, 1.807) is 6.07 Å². The van der Waals surface area contributed by atoms with E-state index in [1.165, 1.54) is 0 Å². The molecule has 1 aromatic carbocycles. The Balaban J connectivity index is 2.55. The smallest absolute Gasteiger partial charge is 0.182 e. The van der Waals surface area contributed by atoms with E-state index < -0.39 is 9.84 Å². The standard InChI is InChI=1S/C13H20N2O2S/c1-9-6-12-13(7-10(9)2)18(16,17)5-4-15(12)8-11(3)14/h6-7,11H,4-5,8,14H2,1-3H3. The Labute approximate surface area is 109 Å². The fraction of sp³-hybridized carbons (Fsp3) is 0.538. The number of fused-ring (bicyclic) bond motifs is 1. The topological polar surface area (TPSA) is 63.4 Å². The Kier molecular flexibility index (Phi) is 3.38. The van der Waals surface area contributed by atoms with Gasteiger partial charge in [0.15, 0.2) is 9.84 Å². The van der Waals surface area contributed by atoms with Gasteiger partial charge in [0.1, 0.15) is 0 Å². The lowest BCUT2D eigenvalue weighted by atomic mass is 10.1. The zero-order chi connectivity index (χ0) is 13.5. The number of rotatable bonds is 2. The first-order valence-electron chi connectivity index (χ1n) is 6.16. The predicted octanol–water partition coefficient (Wildman–Crippen LogP) is 1.24. The van der Waals surface area contributed by atoms with E-state index >= 15 is 0 Å². The molecule has 1 heterocycles. The Morgan fingerprint density at radius 3 is 2.56 bits per heavy atom. The van der Waals surface area contributed by atoms with E-state index in [-0.39, 0.29) is 11.8 Å². The molecule has 2 N–H and O–H groups in total. The fourth-order valence-corrected chi connectivity index (χ4v) is 3.81. The van der Waals surface area contributed by atoms with Crippen molar-refractivity contribution in [2.24, 2.45) is 5.73 Å². The van der Waals surface area contributed by atoms with Crippen LogP contribution in [-0.4, -0.2) is 33.3 Å². The Morgan fingerprint density at radius 1 is 1.33 bits per heavy atom. The molecule has 1 aliphatic heterocycles. The van der Waals surface area contributed by atoms with Crippen LogP contribution >= 0.6 is 0 Å². The van der Waals surface area contributed by atoms with Gasteiger partial charge in [0.25, 0.3) is 0 Å². The van der Waals surface area contributed by atoms with Gasteiger partial charge < -0.3 is 10.6 Å². The molecule has 1 aromatic rings. The highest BCUT2D eigenvalue weighted by atomic mass is 32.2. The van der Waals surface area contributed by atoms with E-state index in [0.717, 1.165) is 16.8 Å². The molecule has 2 rings (SSSR count). The maximum atomic E-state index is 12.1. The van der Waals surface area contributed by atoms with Crippen molar-refractivity contribution in [3.8, 4) is 0 Å². The van der Waals surface area contributed by atoms with Crippen molar-refractivity contribution in [2.75, 3.05) is 23.7 Å². The number of sulfone groups is 1. The van der Waals surface area contributed by atoms with Crippen molar-refractivity contribution in [3.63, 3.8) is 0 Å². The van der Waals surface area contributed by atoms with Crippen molar-refractivity contribution in [2.45, 2.75) is 31.7 Å². The summed E-state index contributed by atoms with van der Waals surface area (Å²) in [6.07, 6.45) is 0. The highest BCUT2D eigenvalue weighted by Gasteiger charge is 2.29. The van der Waals surface area contributed by atoms with Crippen LogP contribution in [0.5, 0.6) is 0 Å². The molecule has 0 amide bonds. The first-order chi connectivity index (χ1) is 8.31. The number of hydrogen-bond acceptors (Lipinski definition) is 4. The van der Waals surface area contributed by atoms with E-state index in [1.807, 2.05) is 26.8 Å². The summed E-state index contributed by atoms with van der Waals surface area (Å²) in [5.41, 5.74) is 8.76. The van der Waals surface area contributed by atoms with Crippen LogP contribution in [0.15, 0.2) is 17.0 Å². The average Bonchev–Trinajstić information content (AvgIpc) is 2.25. The predicted molar refractivity (Wildman–Crippen MR) is 73.8 cm³/mol. The largest absolute Gasteiger partial charge is 0.368 e. The average molecular weight is 268 g/mol. The van der Waals surface area contributed by atoms with Gasteiger partial charge in [0, 0.05) is 19.1 Å². The van der Waals surface area contributed by atoms with Crippen molar-refractivity contribution in [1.82, 2.24) is 0 Å². The maximum absolute atomic E-state index is 12.1. The summed E-state index contributed by atoms with van der Waals surface area (Å²) in [4.78, 5) is 2.53. The number of hydrogen-bond donors (Lipinski definition) is 1. The van der Waals surface area contributed by atoms with Crippen LogP contribution in [-0.2, 0) is 9.84 Å². The molecule has 18 heavy (non-hydrogen) atoms. The van der Waals surface area contributed by atoms with Crippen LogP contribution in [0.2, 0.25) is 0 Å².